The Bertz CT molecular complexity index is 444. The van der Waals surface area contributed by atoms with Gasteiger partial charge in [-0.2, -0.15) is 5.26 Å². The highest BCUT2D eigenvalue weighted by Crippen LogP contribution is 2.25. The van der Waals surface area contributed by atoms with E-state index >= 15 is 0 Å². The maximum Gasteiger partial charge on any atom is 0.147 e. The number of benzene rings is 1. The first-order valence-corrected chi connectivity index (χ1v) is 5.81. The van der Waals surface area contributed by atoms with E-state index in [1.165, 1.54) is 6.07 Å². The maximum absolute atomic E-state index is 13.7. The van der Waals surface area contributed by atoms with Crippen LogP contribution in [-0.4, -0.2) is 18.6 Å². The van der Waals surface area contributed by atoms with Crippen LogP contribution in [-0.2, 0) is 0 Å². The second-order valence-electron chi connectivity index (χ2n) is 4.74. The smallest absolute Gasteiger partial charge is 0.147 e. The van der Waals surface area contributed by atoms with Crippen molar-refractivity contribution in [3.63, 3.8) is 0 Å². The second-order valence-corrected chi connectivity index (χ2v) is 4.74. The predicted molar refractivity (Wildman–Crippen MR) is 65.2 cm³/mol. The van der Waals surface area contributed by atoms with Crippen LogP contribution in [0, 0.1) is 17.1 Å². The fourth-order valence-electron chi connectivity index (χ4n) is 2.11. The number of hydrogen-bond acceptors (Lipinski definition) is 3. The molecule has 1 fully saturated rings. The van der Waals surface area contributed by atoms with E-state index in [-0.39, 0.29) is 11.4 Å². The number of halogens is 1. The molecule has 1 saturated heterocycles. The first-order chi connectivity index (χ1) is 8.13. The molecule has 1 heterocycles. The molecule has 17 heavy (non-hydrogen) atoms. The van der Waals surface area contributed by atoms with E-state index in [0.717, 1.165) is 25.9 Å². The van der Waals surface area contributed by atoms with Gasteiger partial charge in [0.25, 0.3) is 0 Å². The van der Waals surface area contributed by atoms with Gasteiger partial charge in [0.2, 0.25) is 0 Å². The van der Waals surface area contributed by atoms with Crippen molar-refractivity contribution in [1.29, 1.82) is 5.26 Å². The number of nitrogens with zero attached hydrogens (tertiary/aromatic N) is 1. The molecule has 1 aliphatic heterocycles. The van der Waals surface area contributed by atoms with Crippen LogP contribution >= 0.6 is 0 Å². The summed E-state index contributed by atoms with van der Waals surface area (Å²) in [5.41, 5.74) is 0.761. The normalized spacial score (nSPS) is 18.4. The van der Waals surface area contributed by atoms with Crippen LogP contribution in [0.15, 0.2) is 18.2 Å². The summed E-state index contributed by atoms with van der Waals surface area (Å²) in [4.78, 5) is 0. The summed E-state index contributed by atoms with van der Waals surface area (Å²) in [6.45, 7) is 3.99. The topological polar surface area (TPSA) is 47.9 Å². The van der Waals surface area contributed by atoms with Crippen LogP contribution in [0.2, 0.25) is 0 Å². The number of nitrogens with one attached hydrogen (secondary N) is 2. The molecular formula is C13H16FN3. The number of anilines is 1. The van der Waals surface area contributed by atoms with E-state index < -0.39 is 0 Å². The van der Waals surface area contributed by atoms with Gasteiger partial charge in [0, 0.05) is 5.54 Å². The zero-order valence-electron chi connectivity index (χ0n) is 9.89. The summed E-state index contributed by atoms with van der Waals surface area (Å²) >= 11 is 0. The van der Waals surface area contributed by atoms with Gasteiger partial charge in [-0.25, -0.2) is 4.39 Å². The van der Waals surface area contributed by atoms with Crippen molar-refractivity contribution in [2.75, 3.05) is 18.4 Å². The summed E-state index contributed by atoms with van der Waals surface area (Å²) in [7, 11) is 0. The molecule has 0 aliphatic carbocycles. The lowest BCUT2D eigenvalue weighted by atomic mass is 9.90. The van der Waals surface area contributed by atoms with Crippen molar-refractivity contribution in [3.05, 3.63) is 29.6 Å². The maximum atomic E-state index is 13.7. The molecule has 1 aromatic rings. The molecule has 0 spiro atoms. The van der Waals surface area contributed by atoms with Crippen LogP contribution in [0.25, 0.3) is 0 Å². The van der Waals surface area contributed by atoms with Gasteiger partial charge in [-0.3, -0.25) is 0 Å². The van der Waals surface area contributed by atoms with E-state index in [2.05, 4.69) is 17.6 Å². The van der Waals surface area contributed by atoms with E-state index in [1.54, 1.807) is 12.1 Å². The molecule has 0 atom stereocenters. The minimum Gasteiger partial charge on any atom is -0.377 e. The molecule has 0 unspecified atom stereocenters. The Morgan fingerprint density at radius 3 is 2.71 bits per heavy atom. The Balaban J connectivity index is 2.15. The van der Waals surface area contributed by atoms with Crippen LogP contribution in [0.4, 0.5) is 10.1 Å². The van der Waals surface area contributed by atoms with Crippen LogP contribution in [0.1, 0.15) is 25.3 Å². The SMILES string of the molecule is CC1(Nc2ccc(C#N)cc2F)CCNCC1. The standard InChI is InChI=1S/C13H16FN3/c1-13(4-6-16-7-5-13)17-12-3-2-10(9-15)8-11(12)14/h2-3,8,16-17H,4-7H2,1H3. The van der Waals surface area contributed by atoms with Gasteiger partial charge in [-0.1, -0.05) is 0 Å². The van der Waals surface area contributed by atoms with Crippen molar-refractivity contribution < 1.29 is 4.39 Å². The van der Waals surface area contributed by atoms with E-state index in [0.29, 0.717) is 11.3 Å². The van der Waals surface area contributed by atoms with Crippen molar-refractivity contribution in [3.8, 4) is 6.07 Å². The molecule has 1 aromatic carbocycles. The van der Waals surface area contributed by atoms with Crippen molar-refractivity contribution in [2.24, 2.45) is 0 Å². The summed E-state index contributed by atoms with van der Waals surface area (Å²) < 4.78 is 13.7. The lowest BCUT2D eigenvalue weighted by molar-refractivity contribution is 0.363. The monoisotopic (exact) mass is 233 g/mol. The first-order valence-electron chi connectivity index (χ1n) is 5.81. The molecule has 4 heteroatoms. The van der Waals surface area contributed by atoms with Gasteiger partial charge in [0.1, 0.15) is 5.82 Å². The molecule has 2 rings (SSSR count). The quantitative estimate of drug-likeness (QED) is 0.823. The Morgan fingerprint density at radius 2 is 2.12 bits per heavy atom. The van der Waals surface area contributed by atoms with Gasteiger partial charge < -0.3 is 10.6 Å². The molecule has 90 valence electrons. The van der Waals surface area contributed by atoms with Crippen LogP contribution in [0.3, 0.4) is 0 Å². The molecule has 0 saturated carbocycles. The lowest BCUT2D eigenvalue weighted by Crippen LogP contribution is -2.45. The molecule has 1 aliphatic rings. The average Bonchev–Trinajstić information content (AvgIpc) is 2.32. The van der Waals surface area contributed by atoms with E-state index in [1.807, 2.05) is 6.07 Å². The third kappa shape index (κ3) is 2.75. The Hall–Kier alpha value is -1.60. The van der Waals surface area contributed by atoms with Gasteiger partial charge >= 0.3 is 0 Å². The van der Waals surface area contributed by atoms with Gasteiger partial charge in [0.05, 0.1) is 17.3 Å². The Kier molecular flexibility index (Phi) is 3.30. The zero-order valence-corrected chi connectivity index (χ0v) is 9.89. The first kappa shape index (κ1) is 11.9. The third-order valence-corrected chi connectivity index (χ3v) is 3.24. The average molecular weight is 233 g/mol. The fraction of sp³-hybridized carbons (Fsp3) is 0.462. The van der Waals surface area contributed by atoms with Gasteiger partial charge in [-0.05, 0) is 51.1 Å². The molecule has 2 N–H and O–H groups in total. The number of hydrogen-bond donors (Lipinski definition) is 2. The van der Waals surface area contributed by atoms with Crippen molar-refractivity contribution in [2.45, 2.75) is 25.3 Å². The van der Waals surface area contributed by atoms with Crippen molar-refractivity contribution in [1.82, 2.24) is 5.32 Å². The number of rotatable bonds is 2. The highest BCUT2D eigenvalue weighted by atomic mass is 19.1. The summed E-state index contributed by atoms with van der Waals surface area (Å²) in [6.07, 6.45) is 1.93. The molecule has 0 amide bonds. The Labute approximate surface area is 101 Å². The number of piperidine rings is 1. The Morgan fingerprint density at radius 1 is 1.41 bits per heavy atom. The highest BCUT2D eigenvalue weighted by Gasteiger charge is 2.27. The second kappa shape index (κ2) is 4.72. The van der Waals surface area contributed by atoms with Gasteiger partial charge in [-0.15, -0.1) is 0 Å². The summed E-state index contributed by atoms with van der Waals surface area (Å²) in [5, 5.41) is 15.2. The van der Waals surface area contributed by atoms with E-state index in [4.69, 9.17) is 5.26 Å². The largest absolute Gasteiger partial charge is 0.377 e. The van der Waals surface area contributed by atoms with Crippen LogP contribution in [0.5, 0.6) is 0 Å². The van der Waals surface area contributed by atoms with Crippen molar-refractivity contribution >= 4 is 5.69 Å². The molecule has 0 bridgehead atoms. The lowest BCUT2D eigenvalue weighted by Gasteiger charge is -2.36. The summed E-state index contributed by atoms with van der Waals surface area (Å²) in [6, 6.07) is 6.48. The predicted octanol–water partition coefficient (Wildman–Crippen LogP) is 2.25. The molecule has 0 aromatic heterocycles. The zero-order chi connectivity index (χ0) is 12.3. The minimum absolute atomic E-state index is 0.0692. The van der Waals surface area contributed by atoms with Gasteiger partial charge in [0.15, 0.2) is 0 Å². The fourth-order valence-corrected chi connectivity index (χ4v) is 2.11. The molecular weight excluding hydrogens is 217 g/mol. The molecule has 0 radical (unpaired) electrons. The number of nitriles is 1. The summed E-state index contributed by atoms with van der Waals surface area (Å²) in [5.74, 6) is -0.358. The third-order valence-electron chi connectivity index (χ3n) is 3.24. The molecule has 3 nitrogen and oxygen atoms in total. The van der Waals surface area contributed by atoms with Crippen LogP contribution < -0.4 is 10.6 Å². The minimum atomic E-state index is -0.358. The van der Waals surface area contributed by atoms with E-state index in [9.17, 15) is 4.39 Å². The highest BCUT2D eigenvalue weighted by molar-refractivity contribution is 5.50.